The molecule has 3 amide bonds. The lowest BCUT2D eigenvalue weighted by Gasteiger charge is -2.17. The van der Waals surface area contributed by atoms with Gasteiger partial charge in [-0.2, -0.15) is 0 Å². The average Bonchev–Trinajstić information content (AvgIpc) is 3.23. The van der Waals surface area contributed by atoms with E-state index in [2.05, 4.69) is 16.0 Å². The Morgan fingerprint density at radius 2 is 1.74 bits per heavy atom. The first-order chi connectivity index (χ1) is 18.1. The van der Waals surface area contributed by atoms with Crippen LogP contribution < -0.4 is 21.7 Å². The fourth-order valence-corrected chi connectivity index (χ4v) is 4.04. The van der Waals surface area contributed by atoms with E-state index in [9.17, 15) is 28.0 Å². The predicted molar refractivity (Wildman–Crippen MR) is 132 cm³/mol. The second-order valence-electron chi connectivity index (χ2n) is 9.04. The van der Waals surface area contributed by atoms with Crippen LogP contribution in [0.1, 0.15) is 40.7 Å². The Bertz CT molecular complexity index is 1160. The molecular formula is C26H30F2N4O6. The van der Waals surface area contributed by atoms with Gasteiger partial charge in [-0.1, -0.05) is 12.1 Å². The lowest BCUT2D eigenvalue weighted by atomic mass is 10.0. The summed E-state index contributed by atoms with van der Waals surface area (Å²) >= 11 is 0. The van der Waals surface area contributed by atoms with E-state index < -0.39 is 47.8 Å². The first-order valence-corrected chi connectivity index (χ1v) is 12.2. The minimum Gasteiger partial charge on any atom is -0.478 e. The van der Waals surface area contributed by atoms with Crippen LogP contribution in [0.25, 0.3) is 0 Å². The summed E-state index contributed by atoms with van der Waals surface area (Å²) in [5.41, 5.74) is 6.88. The molecule has 38 heavy (non-hydrogen) atoms. The van der Waals surface area contributed by atoms with Gasteiger partial charge in [-0.25, -0.2) is 18.4 Å². The van der Waals surface area contributed by atoms with E-state index in [0.29, 0.717) is 25.9 Å². The highest BCUT2D eigenvalue weighted by Gasteiger charge is 2.39. The predicted octanol–water partition coefficient (Wildman–Crippen LogP) is 1.66. The lowest BCUT2D eigenvalue weighted by Crippen LogP contribution is -2.44. The van der Waals surface area contributed by atoms with E-state index in [-0.39, 0.29) is 36.3 Å². The SMILES string of the molecule is NC(CC(=O)NCCCCNC(=O)C1OC(=O)NC1Cc1ccc(C(=O)O)cc1)Cc1cc(F)ccc1F. The third-order valence-corrected chi connectivity index (χ3v) is 5.98. The van der Waals surface area contributed by atoms with Gasteiger partial charge in [0.2, 0.25) is 12.0 Å². The molecule has 1 aliphatic rings. The number of hydrogen-bond acceptors (Lipinski definition) is 6. The Balaban J connectivity index is 1.33. The van der Waals surface area contributed by atoms with Crippen molar-refractivity contribution in [2.75, 3.05) is 13.1 Å². The Morgan fingerprint density at radius 1 is 1.05 bits per heavy atom. The van der Waals surface area contributed by atoms with E-state index in [4.69, 9.17) is 15.6 Å². The summed E-state index contributed by atoms with van der Waals surface area (Å²) in [6, 6.07) is 7.93. The van der Waals surface area contributed by atoms with Crippen molar-refractivity contribution < 1.29 is 37.8 Å². The van der Waals surface area contributed by atoms with E-state index in [0.717, 1.165) is 23.8 Å². The number of amides is 3. The maximum absolute atomic E-state index is 13.7. The number of nitrogens with one attached hydrogen (secondary N) is 3. The molecular weight excluding hydrogens is 502 g/mol. The zero-order valence-electron chi connectivity index (χ0n) is 20.5. The highest BCUT2D eigenvalue weighted by atomic mass is 19.1. The second kappa shape index (κ2) is 13.5. The molecule has 0 aromatic heterocycles. The number of ether oxygens (including phenoxy) is 1. The molecule has 10 nitrogen and oxygen atoms in total. The smallest absolute Gasteiger partial charge is 0.408 e. The Morgan fingerprint density at radius 3 is 2.42 bits per heavy atom. The number of nitrogens with two attached hydrogens (primary N) is 1. The number of carboxylic acids is 1. The van der Waals surface area contributed by atoms with Gasteiger partial charge in [0.25, 0.3) is 5.91 Å². The second-order valence-corrected chi connectivity index (χ2v) is 9.04. The molecule has 0 saturated carbocycles. The van der Waals surface area contributed by atoms with Crippen molar-refractivity contribution in [1.82, 2.24) is 16.0 Å². The summed E-state index contributed by atoms with van der Waals surface area (Å²) < 4.78 is 32.1. The first kappa shape index (κ1) is 28.5. The molecule has 1 fully saturated rings. The topological polar surface area (TPSA) is 160 Å². The number of halogens is 2. The van der Waals surface area contributed by atoms with Gasteiger partial charge in [-0.05, 0) is 67.1 Å². The maximum Gasteiger partial charge on any atom is 0.408 e. The summed E-state index contributed by atoms with van der Waals surface area (Å²) in [5.74, 6) is -2.98. The Hall–Kier alpha value is -4.06. The minimum atomic E-state index is -1.05. The minimum absolute atomic E-state index is 0.0261. The van der Waals surface area contributed by atoms with Gasteiger partial charge in [0.15, 0.2) is 0 Å². The molecule has 12 heteroatoms. The van der Waals surface area contributed by atoms with Gasteiger partial charge < -0.3 is 31.5 Å². The van der Waals surface area contributed by atoms with E-state index in [1.165, 1.54) is 12.1 Å². The number of alkyl carbamates (subject to hydrolysis) is 1. The zero-order chi connectivity index (χ0) is 27.7. The van der Waals surface area contributed by atoms with E-state index in [1.807, 2.05) is 0 Å². The normalized spacial score (nSPS) is 17.3. The molecule has 1 saturated heterocycles. The van der Waals surface area contributed by atoms with Crippen molar-refractivity contribution in [1.29, 1.82) is 0 Å². The number of unbranched alkanes of at least 4 members (excludes halogenated alkanes) is 1. The number of benzene rings is 2. The van der Waals surface area contributed by atoms with Crippen LogP contribution in [0.3, 0.4) is 0 Å². The van der Waals surface area contributed by atoms with Crippen LogP contribution in [-0.2, 0) is 27.2 Å². The first-order valence-electron chi connectivity index (χ1n) is 12.2. The van der Waals surface area contributed by atoms with Gasteiger partial charge in [0.1, 0.15) is 11.6 Å². The average molecular weight is 533 g/mol. The maximum atomic E-state index is 13.7. The van der Waals surface area contributed by atoms with Gasteiger partial charge >= 0.3 is 12.1 Å². The fourth-order valence-electron chi connectivity index (χ4n) is 4.04. The van der Waals surface area contributed by atoms with Gasteiger partial charge in [-0.15, -0.1) is 0 Å². The number of hydrogen-bond donors (Lipinski definition) is 5. The monoisotopic (exact) mass is 532 g/mol. The molecule has 3 atom stereocenters. The van der Waals surface area contributed by atoms with Crippen LogP contribution in [0.5, 0.6) is 0 Å². The summed E-state index contributed by atoms with van der Waals surface area (Å²) in [4.78, 5) is 47.3. The third kappa shape index (κ3) is 8.51. The molecule has 2 aromatic rings. The Kier molecular flexibility index (Phi) is 10.1. The van der Waals surface area contributed by atoms with Crippen molar-refractivity contribution >= 4 is 23.9 Å². The molecule has 204 valence electrons. The van der Waals surface area contributed by atoms with Gasteiger partial charge in [-0.3, -0.25) is 9.59 Å². The van der Waals surface area contributed by atoms with Crippen LogP contribution in [0, 0.1) is 11.6 Å². The number of cyclic esters (lactones) is 1. The summed E-state index contributed by atoms with van der Waals surface area (Å²) in [5, 5.41) is 17.0. The largest absolute Gasteiger partial charge is 0.478 e. The summed E-state index contributed by atoms with van der Waals surface area (Å²) in [6.07, 6.45) is -0.386. The number of rotatable bonds is 13. The molecule has 0 aliphatic carbocycles. The van der Waals surface area contributed by atoms with E-state index in [1.54, 1.807) is 12.1 Å². The van der Waals surface area contributed by atoms with E-state index >= 15 is 0 Å². The van der Waals surface area contributed by atoms with Crippen LogP contribution >= 0.6 is 0 Å². The third-order valence-electron chi connectivity index (χ3n) is 5.98. The molecule has 2 aromatic carbocycles. The van der Waals surface area contributed by atoms with Crippen LogP contribution in [-0.4, -0.2) is 60.3 Å². The fraction of sp³-hybridized carbons (Fsp3) is 0.385. The molecule has 0 bridgehead atoms. The van der Waals surface area contributed by atoms with Crippen molar-refractivity contribution in [2.45, 2.75) is 50.3 Å². The lowest BCUT2D eigenvalue weighted by molar-refractivity contribution is -0.128. The molecule has 1 heterocycles. The number of aromatic carboxylic acids is 1. The zero-order valence-corrected chi connectivity index (χ0v) is 20.5. The van der Waals surface area contributed by atoms with Gasteiger partial charge in [0.05, 0.1) is 11.6 Å². The van der Waals surface area contributed by atoms with Crippen molar-refractivity contribution in [3.05, 3.63) is 70.8 Å². The standard InChI is InChI=1S/C26H30F2N4O6/c27-18-7-8-20(28)17(12-18)13-19(29)14-22(33)30-9-1-2-10-31-24(34)23-21(32-26(37)38-23)11-15-3-5-16(6-4-15)25(35)36/h3-8,12,19,21,23H,1-2,9-11,13-14,29H2,(H,30,33)(H,31,34)(H,32,37)(H,35,36). The molecule has 0 radical (unpaired) electrons. The molecule has 3 rings (SSSR count). The number of carbonyl (C=O) groups excluding carboxylic acids is 3. The highest BCUT2D eigenvalue weighted by Crippen LogP contribution is 2.16. The highest BCUT2D eigenvalue weighted by molar-refractivity contribution is 5.88. The number of carboxylic acid groups (broad SMARTS) is 1. The van der Waals surface area contributed by atoms with Crippen molar-refractivity contribution in [3.63, 3.8) is 0 Å². The molecule has 3 unspecified atom stereocenters. The van der Waals surface area contributed by atoms with Crippen molar-refractivity contribution in [3.8, 4) is 0 Å². The number of carbonyl (C=O) groups is 4. The Labute approximate surface area is 217 Å². The summed E-state index contributed by atoms with van der Waals surface area (Å²) in [6.45, 7) is 0.631. The van der Waals surface area contributed by atoms with Gasteiger partial charge in [0, 0.05) is 25.6 Å². The van der Waals surface area contributed by atoms with Crippen molar-refractivity contribution in [2.24, 2.45) is 5.73 Å². The quantitative estimate of drug-likeness (QED) is 0.245. The van der Waals surface area contributed by atoms with Crippen LogP contribution in [0.4, 0.5) is 13.6 Å². The molecule has 0 spiro atoms. The summed E-state index contributed by atoms with van der Waals surface area (Å²) in [7, 11) is 0. The van der Waals surface area contributed by atoms with Crippen LogP contribution in [0.2, 0.25) is 0 Å². The molecule has 6 N–H and O–H groups in total. The molecule has 1 aliphatic heterocycles. The van der Waals surface area contributed by atoms with Crippen LogP contribution in [0.15, 0.2) is 42.5 Å².